The van der Waals surface area contributed by atoms with Crippen LogP contribution in [0.5, 0.6) is 0 Å². The Kier molecular flexibility index (Phi) is 7.51. The molecular formula is C49H38N2. The molecule has 0 amide bonds. The summed E-state index contributed by atoms with van der Waals surface area (Å²) in [5, 5.41) is 2.50. The van der Waals surface area contributed by atoms with Crippen LogP contribution in [0.15, 0.2) is 194 Å². The molecule has 0 fully saturated rings. The lowest BCUT2D eigenvalue weighted by Gasteiger charge is -2.26. The highest BCUT2D eigenvalue weighted by Crippen LogP contribution is 2.51. The minimum Gasteiger partial charge on any atom is -0.311 e. The Balaban J connectivity index is 1.07. The molecule has 8 aromatic carbocycles. The Morgan fingerprint density at radius 3 is 1.27 bits per heavy atom. The zero-order chi connectivity index (χ0) is 34.4. The largest absolute Gasteiger partial charge is 0.311 e. The Morgan fingerprint density at radius 1 is 0.314 bits per heavy atom. The average Bonchev–Trinajstić information content (AvgIpc) is 3.40. The molecule has 2 heteroatoms. The first kappa shape index (κ1) is 30.7. The number of hydrogen-bond acceptors (Lipinski definition) is 2. The maximum atomic E-state index is 2.43. The zero-order valence-electron chi connectivity index (χ0n) is 28.9. The van der Waals surface area contributed by atoms with E-state index in [1.807, 2.05) is 0 Å². The molecule has 0 spiro atoms. The van der Waals surface area contributed by atoms with Crippen molar-refractivity contribution in [1.82, 2.24) is 0 Å². The second-order valence-corrected chi connectivity index (χ2v) is 13.9. The summed E-state index contributed by atoms with van der Waals surface area (Å²) in [5.41, 5.74) is 14.6. The van der Waals surface area contributed by atoms with Crippen molar-refractivity contribution in [2.75, 3.05) is 9.80 Å². The van der Waals surface area contributed by atoms with Crippen molar-refractivity contribution in [2.24, 2.45) is 0 Å². The van der Waals surface area contributed by atoms with Gasteiger partial charge in [-0.05, 0) is 135 Å². The van der Waals surface area contributed by atoms with Gasteiger partial charge in [0.15, 0.2) is 0 Å². The molecule has 2 nitrogen and oxygen atoms in total. The predicted octanol–water partition coefficient (Wildman–Crippen LogP) is 13.8. The average molecular weight is 655 g/mol. The van der Waals surface area contributed by atoms with Gasteiger partial charge in [0.2, 0.25) is 0 Å². The van der Waals surface area contributed by atoms with Crippen LogP contribution < -0.4 is 9.80 Å². The minimum atomic E-state index is -0.138. The van der Waals surface area contributed by atoms with Crippen molar-refractivity contribution in [3.63, 3.8) is 0 Å². The first-order valence-corrected chi connectivity index (χ1v) is 17.7. The fourth-order valence-corrected chi connectivity index (χ4v) is 7.79. The highest BCUT2D eigenvalue weighted by Gasteiger charge is 2.36. The van der Waals surface area contributed by atoms with Gasteiger partial charge in [-0.3, -0.25) is 0 Å². The standard InChI is InChI=1S/C49H38N2/c1-49(2)47-33-37(35-23-27-43(28-24-35)50(39-15-7-3-8-16-39)40-17-9-4-10-18-40)26-30-45(47)46-32-36-25-29-44(31-38(36)34-48(46)49)51(41-19-11-5-12-20-41)42-21-13-6-14-22-42/h3-34H,1-2H3. The van der Waals surface area contributed by atoms with Gasteiger partial charge in [0.1, 0.15) is 0 Å². The van der Waals surface area contributed by atoms with E-state index in [-0.39, 0.29) is 5.41 Å². The van der Waals surface area contributed by atoms with E-state index in [0.717, 1.165) is 34.1 Å². The molecule has 1 aliphatic carbocycles. The van der Waals surface area contributed by atoms with E-state index in [1.54, 1.807) is 0 Å². The Labute approximate surface area is 300 Å². The number of fused-ring (bicyclic) bond motifs is 4. The SMILES string of the molecule is CC1(C)c2cc(-c3ccc(N(c4ccccc4)c4ccccc4)cc3)ccc2-c2cc3ccc(N(c4ccccc4)c4ccccc4)cc3cc21. The molecule has 0 unspecified atom stereocenters. The van der Waals surface area contributed by atoms with Crippen molar-refractivity contribution in [3.05, 3.63) is 205 Å². The van der Waals surface area contributed by atoms with Gasteiger partial charge in [-0.15, -0.1) is 0 Å². The highest BCUT2D eigenvalue weighted by molar-refractivity contribution is 5.96. The molecule has 0 saturated carbocycles. The van der Waals surface area contributed by atoms with Crippen molar-refractivity contribution in [3.8, 4) is 22.3 Å². The van der Waals surface area contributed by atoms with E-state index in [9.17, 15) is 0 Å². The van der Waals surface area contributed by atoms with E-state index in [2.05, 4.69) is 218 Å². The molecule has 0 saturated heterocycles. The van der Waals surface area contributed by atoms with E-state index in [1.165, 1.54) is 44.2 Å². The number of anilines is 6. The van der Waals surface area contributed by atoms with Crippen LogP contribution in [0.25, 0.3) is 33.0 Å². The Bertz CT molecular complexity index is 2390. The monoisotopic (exact) mass is 654 g/mol. The summed E-state index contributed by atoms with van der Waals surface area (Å²) in [6.45, 7) is 4.75. The molecule has 244 valence electrons. The predicted molar refractivity (Wildman–Crippen MR) is 216 cm³/mol. The molecule has 1 aliphatic rings. The second kappa shape index (κ2) is 12.5. The van der Waals surface area contributed by atoms with Crippen LogP contribution in [-0.4, -0.2) is 0 Å². The van der Waals surface area contributed by atoms with Crippen LogP contribution in [0.1, 0.15) is 25.0 Å². The van der Waals surface area contributed by atoms with Gasteiger partial charge in [-0.25, -0.2) is 0 Å². The number of para-hydroxylation sites is 4. The molecule has 0 aromatic heterocycles. The summed E-state index contributed by atoms with van der Waals surface area (Å²) >= 11 is 0. The molecule has 0 radical (unpaired) electrons. The third-order valence-electron chi connectivity index (χ3n) is 10.4. The summed E-state index contributed by atoms with van der Waals surface area (Å²) < 4.78 is 0. The van der Waals surface area contributed by atoms with Crippen LogP contribution in [0, 0.1) is 0 Å². The molecule has 0 N–H and O–H groups in total. The first-order valence-electron chi connectivity index (χ1n) is 17.7. The Hall–Kier alpha value is -6.38. The van der Waals surface area contributed by atoms with Crippen molar-refractivity contribution >= 4 is 44.9 Å². The van der Waals surface area contributed by atoms with Crippen LogP contribution in [0.3, 0.4) is 0 Å². The molecule has 51 heavy (non-hydrogen) atoms. The molecular weight excluding hydrogens is 617 g/mol. The number of rotatable bonds is 7. The quantitative estimate of drug-likeness (QED) is 0.169. The topological polar surface area (TPSA) is 6.48 Å². The van der Waals surface area contributed by atoms with Gasteiger partial charge < -0.3 is 9.80 Å². The zero-order valence-corrected chi connectivity index (χ0v) is 28.9. The maximum Gasteiger partial charge on any atom is 0.0468 e. The van der Waals surface area contributed by atoms with Gasteiger partial charge in [-0.2, -0.15) is 0 Å². The lowest BCUT2D eigenvalue weighted by molar-refractivity contribution is 0.661. The molecule has 9 rings (SSSR count). The normalized spacial score (nSPS) is 12.7. The second-order valence-electron chi connectivity index (χ2n) is 13.9. The lowest BCUT2D eigenvalue weighted by atomic mass is 9.81. The summed E-state index contributed by atoms with van der Waals surface area (Å²) in [4.78, 5) is 4.64. The third-order valence-corrected chi connectivity index (χ3v) is 10.4. The van der Waals surface area contributed by atoms with Crippen LogP contribution in [0.4, 0.5) is 34.1 Å². The summed E-state index contributed by atoms with van der Waals surface area (Å²) in [5.74, 6) is 0. The molecule has 0 bridgehead atoms. The van der Waals surface area contributed by atoms with Crippen molar-refractivity contribution < 1.29 is 0 Å². The summed E-state index contributed by atoms with van der Waals surface area (Å²) in [6, 6.07) is 70.1. The lowest BCUT2D eigenvalue weighted by Crippen LogP contribution is -2.15. The fraction of sp³-hybridized carbons (Fsp3) is 0.0612. The third kappa shape index (κ3) is 5.46. The van der Waals surface area contributed by atoms with Gasteiger partial charge >= 0.3 is 0 Å². The Morgan fingerprint density at radius 2 is 0.745 bits per heavy atom. The summed E-state index contributed by atoms with van der Waals surface area (Å²) in [7, 11) is 0. The number of benzene rings is 8. The molecule has 0 aliphatic heterocycles. The fourth-order valence-electron chi connectivity index (χ4n) is 7.79. The van der Waals surface area contributed by atoms with E-state index in [4.69, 9.17) is 0 Å². The van der Waals surface area contributed by atoms with Gasteiger partial charge in [0.25, 0.3) is 0 Å². The number of hydrogen-bond donors (Lipinski definition) is 0. The number of nitrogens with zero attached hydrogens (tertiary/aromatic N) is 2. The van der Waals surface area contributed by atoms with Crippen LogP contribution in [0.2, 0.25) is 0 Å². The maximum absolute atomic E-state index is 2.43. The van der Waals surface area contributed by atoms with Crippen molar-refractivity contribution in [1.29, 1.82) is 0 Å². The van der Waals surface area contributed by atoms with Crippen LogP contribution >= 0.6 is 0 Å². The molecule has 0 heterocycles. The van der Waals surface area contributed by atoms with Gasteiger partial charge in [0, 0.05) is 39.5 Å². The van der Waals surface area contributed by atoms with E-state index >= 15 is 0 Å². The van der Waals surface area contributed by atoms with Crippen molar-refractivity contribution in [2.45, 2.75) is 19.3 Å². The van der Waals surface area contributed by atoms with Crippen LogP contribution in [-0.2, 0) is 5.41 Å². The highest BCUT2D eigenvalue weighted by atomic mass is 15.1. The van der Waals surface area contributed by atoms with E-state index in [0.29, 0.717) is 0 Å². The van der Waals surface area contributed by atoms with E-state index < -0.39 is 0 Å². The minimum absolute atomic E-state index is 0.138. The van der Waals surface area contributed by atoms with Gasteiger partial charge in [-0.1, -0.05) is 117 Å². The first-order chi connectivity index (χ1) is 25.0. The van der Waals surface area contributed by atoms with Gasteiger partial charge in [0.05, 0.1) is 0 Å². The molecule has 8 aromatic rings. The smallest absolute Gasteiger partial charge is 0.0468 e. The molecule has 0 atom stereocenters. The summed E-state index contributed by atoms with van der Waals surface area (Å²) in [6.07, 6.45) is 0.